The van der Waals surface area contributed by atoms with Crippen LogP contribution in [0.2, 0.25) is 0 Å². The van der Waals surface area contributed by atoms with Crippen molar-refractivity contribution in [2.45, 2.75) is 4.90 Å². The van der Waals surface area contributed by atoms with Gasteiger partial charge in [-0.05, 0) is 12.1 Å². The van der Waals surface area contributed by atoms with Gasteiger partial charge in [-0.25, -0.2) is 8.42 Å². The molecule has 0 unspecified atom stereocenters. The summed E-state index contributed by atoms with van der Waals surface area (Å²) in [6, 6.07) is 6.09. The van der Waals surface area contributed by atoms with Gasteiger partial charge in [0.2, 0.25) is 0 Å². The summed E-state index contributed by atoms with van der Waals surface area (Å²) in [5, 5.41) is 0. The Bertz CT molecular complexity index is 451. The van der Waals surface area contributed by atoms with Gasteiger partial charge in [-0.1, -0.05) is 18.7 Å². The van der Waals surface area contributed by atoms with Gasteiger partial charge in [-0.15, -0.1) is 0 Å². The normalized spacial score (nSPS) is 11.0. The van der Waals surface area contributed by atoms with Crippen molar-refractivity contribution in [3.8, 4) is 0 Å². The third-order valence-corrected chi connectivity index (χ3v) is 3.04. The lowest BCUT2D eigenvalue weighted by atomic mass is 10.2. The second kappa shape index (κ2) is 4.02. The molecule has 76 valence electrons. The number of ether oxygens (including phenoxy) is 1. The lowest BCUT2D eigenvalue weighted by Gasteiger charge is -2.04. The molecular formula is C9H9ClO3S. The molecule has 0 atom stereocenters. The molecule has 0 heterocycles. The summed E-state index contributed by atoms with van der Waals surface area (Å²) >= 11 is 0. The van der Waals surface area contributed by atoms with Gasteiger partial charge in [0.15, 0.2) is 0 Å². The molecule has 0 fully saturated rings. The zero-order valence-corrected chi connectivity index (χ0v) is 9.10. The molecule has 0 aliphatic heterocycles. The topological polar surface area (TPSA) is 43.4 Å². The summed E-state index contributed by atoms with van der Waals surface area (Å²) in [7, 11) is 2.95. The zero-order valence-electron chi connectivity index (χ0n) is 7.53. The maximum absolute atomic E-state index is 11.0. The summed E-state index contributed by atoms with van der Waals surface area (Å²) in [5.74, 6) is 0.396. The van der Waals surface area contributed by atoms with E-state index in [9.17, 15) is 8.42 Å². The maximum Gasteiger partial charge on any atom is 0.261 e. The highest BCUT2D eigenvalue weighted by Crippen LogP contribution is 2.20. The van der Waals surface area contributed by atoms with Crippen molar-refractivity contribution in [1.29, 1.82) is 0 Å². The van der Waals surface area contributed by atoms with E-state index in [-0.39, 0.29) is 4.90 Å². The van der Waals surface area contributed by atoms with Crippen LogP contribution < -0.4 is 0 Å². The highest BCUT2D eigenvalue weighted by atomic mass is 35.7. The minimum absolute atomic E-state index is 0.0369. The molecule has 0 aliphatic carbocycles. The van der Waals surface area contributed by atoms with Crippen LogP contribution in [0.3, 0.4) is 0 Å². The Balaban J connectivity index is 3.21. The molecule has 0 N–H and O–H groups in total. The summed E-state index contributed by atoms with van der Waals surface area (Å²) in [4.78, 5) is 0.0369. The van der Waals surface area contributed by atoms with Crippen LogP contribution in [0.1, 0.15) is 5.56 Å². The van der Waals surface area contributed by atoms with Crippen molar-refractivity contribution in [1.82, 2.24) is 0 Å². The van der Waals surface area contributed by atoms with E-state index in [0.717, 1.165) is 0 Å². The fourth-order valence-corrected chi connectivity index (χ4v) is 1.74. The van der Waals surface area contributed by atoms with Gasteiger partial charge in [-0.3, -0.25) is 0 Å². The Morgan fingerprint density at radius 3 is 2.64 bits per heavy atom. The summed E-state index contributed by atoms with van der Waals surface area (Å²) in [5.41, 5.74) is 0.592. The maximum atomic E-state index is 11.0. The third-order valence-electron chi connectivity index (χ3n) is 1.68. The van der Waals surface area contributed by atoms with Gasteiger partial charge in [-0.2, -0.15) is 0 Å². The van der Waals surface area contributed by atoms with Crippen LogP contribution in [0.25, 0.3) is 5.76 Å². The number of hydrogen-bond acceptors (Lipinski definition) is 3. The highest BCUT2D eigenvalue weighted by molar-refractivity contribution is 8.13. The SMILES string of the molecule is C=C(OC)c1cccc(S(=O)(=O)Cl)c1. The van der Waals surface area contributed by atoms with Gasteiger partial charge < -0.3 is 4.74 Å². The molecule has 0 amide bonds. The molecule has 0 spiro atoms. The average Bonchev–Trinajstić information content (AvgIpc) is 2.15. The van der Waals surface area contributed by atoms with Crippen molar-refractivity contribution in [2.75, 3.05) is 7.11 Å². The van der Waals surface area contributed by atoms with E-state index >= 15 is 0 Å². The van der Waals surface area contributed by atoms with Crippen LogP contribution in [0, 0.1) is 0 Å². The molecule has 1 aromatic carbocycles. The summed E-state index contributed by atoms with van der Waals surface area (Å²) in [6.07, 6.45) is 0. The quantitative estimate of drug-likeness (QED) is 0.593. The Hall–Kier alpha value is -1.00. The largest absolute Gasteiger partial charge is 0.497 e. The van der Waals surface area contributed by atoms with Gasteiger partial charge >= 0.3 is 0 Å². The first-order valence-electron chi connectivity index (χ1n) is 3.73. The Morgan fingerprint density at radius 1 is 1.50 bits per heavy atom. The van der Waals surface area contributed by atoms with Crippen LogP contribution in [0.15, 0.2) is 35.7 Å². The standard InChI is InChI=1S/C9H9ClO3S/c1-7(13-2)8-4-3-5-9(6-8)14(10,11)12/h3-6H,1H2,2H3. The van der Waals surface area contributed by atoms with Crippen LogP contribution in [-0.4, -0.2) is 15.5 Å². The minimum Gasteiger partial charge on any atom is -0.497 e. The number of methoxy groups -OCH3 is 1. The van der Waals surface area contributed by atoms with E-state index in [1.807, 2.05) is 0 Å². The van der Waals surface area contributed by atoms with Crippen LogP contribution in [0.4, 0.5) is 0 Å². The monoisotopic (exact) mass is 232 g/mol. The van der Waals surface area contributed by atoms with Gasteiger partial charge in [0.05, 0.1) is 12.0 Å². The lowest BCUT2D eigenvalue weighted by molar-refractivity contribution is 0.371. The number of halogens is 1. The fraction of sp³-hybridized carbons (Fsp3) is 0.111. The molecule has 0 saturated heterocycles. The molecule has 1 rings (SSSR count). The first-order chi connectivity index (χ1) is 6.45. The van der Waals surface area contributed by atoms with Gasteiger partial charge in [0.1, 0.15) is 5.76 Å². The van der Waals surface area contributed by atoms with E-state index in [2.05, 4.69) is 6.58 Å². The van der Waals surface area contributed by atoms with Crippen molar-refractivity contribution < 1.29 is 13.2 Å². The molecule has 14 heavy (non-hydrogen) atoms. The second-order valence-corrected chi connectivity index (χ2v) is 5.16. The summed E-state index contributed by atoms with van der Waals surface area (Å²) < 4.78 is 26.9. The van der Waals surface area contributed by atoms with E-state index in [4.69, 9.17) is 15.4 Å². The molecule has 3 nitrogen and oxygen atoms in total. The van der Waals surface area contributed by atoms with Gasteiger partial charge in [0, 0.05) is 16.2 Å². The third kappa shape index (κ3) is 2.49. The van der Waals surface area contributed by atoms with Crippen LogP contribution >= 0.6 is 10.7 Å². The molecule has 5 heteroatoms. The molecule has 0 saturated carbocycles. The minimum atomic E-state index is -3.69. The summed E-state index contributed by atoms with van der Waals surface area (Å²) in [6.45, 7) is 3.61. The fourth-order valence-electron chi connectivity index (χ4n) is 0.939. The first-order valence-corrected chi connectivity index (χ1v) is 6.04. The lowest BCUT2D eigenvalue weighted by Crippen LogP contribution is -1.92. The van der Waals surface area contributed by atoms with E-state index < -0.39 is 9.05 Å². The Morgan fingerprint density at radius 2 is 2.14 bits per heavy atom. The molecule has 0 radical (unpaired) electrons. The Labute approximate surface area is 87.4 Å². The molecule has 0 aromatic heterocycles. The first kappa shape index (κ1) is 11.1. The van der Waals surface area contributed by atoms with E-state index in [1.165, 1.54) is 19.2 Å². The van der Waals surface area contributed by atoms with Crippen LogP contribution in [-0.2, 0) is 13.8 Å². The van der Waals surface area contributed by atoms with Crippen molar-refractivity contribution in [3.05, 3.63) is 36.4 Å². The highest BCUT2D eigenvalue weighted by Gasteiger charge is 2.10. The van der Waals surface area contributed by atoms with Crippen molar-refractivity contribution in [3.63, 3.8) is 0 Å². The average molecular weight is 233 g/mol. The molecule has 1 aromatic rings. The van der Waals surface area contributed by atoms with E-state index in [0.29, 0.717) is 11.3 Å². The second-order valence-electron chi connectivity index (χ2n) is 2.59. The molecule has 0 aliphatic rings. The molecular weight excluding hydrogens is 224 g/mol. The van der Waals surface area contributed by atoms with E-state index in [1.54, 1.807) is 12.1 Å². The smallest absolute Gasteiger partial charge is 0.261 e. The number of benzene rings is 1. The number of hydrogen-bond donors (Lipinski definition) is 0. The van der Waals surface area contributed by atoms with Gasteiger partial charge in [0.25, 0.3) is 9.05 Å². The van der Waals surface area contributed by atoms with Crippen LogP contribution in [0.5, 0.6) is 0 Å². The Kier molecular flexibility index (Phi) is 3.18. The number of rotatable bonds is 3. The predicted molar refractivity (Wildman–Crippen MR) is 55.5 cm³/mol. The predicted octanol–water partition coefficient (Wildman–Crippen LogP) is 2.23. The van der Waals surface area contributed by atoms with Crippen molar-refractivity contribution in [2.24, 2.45) is 0 Å². The van der Waals surface area contributed by atoms with Crippen molar-refractivity contribution >= 4 is 25.5 Å². The molecule has 0 bridgehead atoms. The zero-order chi connectivity index (χ0) is 10.8.